The summed E-state index contributed by atoms with van der Waals surface area (Å²) in [5, 5.41) is 30.4. The summed E-state index contributed by atoms with van der Waals surface area (Å²) in [6, 6.07) is 5.10. The van der Waals surface area contributed by atoms with E-state index in [9.17, 15) is 10.0 Å². The van der Waals surface area contributed by atoms with Crippen molar-refractivity contribution in [3.8, 4) is 0 Å². The van der Waals surface area contributed by atoms with E-state index in [2.05, 4.69) is 39.0 Å². The van der Waals surface area contributed by atoms with Crippen LogP contribution in [0.3, 0.4) is 0 Å². The van der Waals surface area contributed by atoms with E-state index in [4.69, 9.17) is 25.5 Å². The minimum atomic E-state index is -2.00. The summed E-state index contributed by atoms with van der Waals surface area (Å²) < 4.78 is 12.1. The SMILES string of the molecule is CC(C)(C)OC(=O)N(CCO[Si](C)(C)C(C)(C)C)[C@H]1CCc2c(C(=N)N(O)/C(N)=N/O)cccc21. The van der Waals surface area contributed by atoms with Crippen LogP contribution in [0, 0.1) is 5.41 Å². The number of hydrogen-bond acceptors (Lipinski definition) is 7. The van der Waals surface area contributed by atoms with Gasteiger partial charge in [0.25, 0.3) is 5.96 Å². The molecule has 2 rings (SSSR count). The summed E-state index contributed by atoms with van der Waals surface area (Å²) in [6.45, 7) is 17.1. The van der Waals surface area contributed by atoms with E-state index in [0.717, 1.165) is 11.1 Å². The molecule has 0 heterocycles. The number of ether oxygens (including phenoxy) is 1. The van der Waals surface area contributed by atoms with E-state index in [1.165, 1.54) is 0 Å². The molecule has 1 aliphatic carbocycles. The summed E-state index contributed by atoms with van der Waals surface area (Å²) in [7, 11) is -2.00. The number of carbonyl (C=O) groups excluding carboxylic acids is 1. The van der Waals surface area contributed by atoms with Crippen LogP contribution >= 0.6 is 0 Å². The van der Waals surface area contributed by atoms with Crippen LogP contribution in [-0.2, 0) is 15.6 Å². The van der Waals surface area contributed by atoms with Crippen molar-refractivity contribution < 1.29 is 24.4 Å². The molecule has 0 aliphatic heterocycles. The van der Waals surface area contributed by atoms with E-state index in [0.29, 0.717) is 36.6 Å². The smallest absolute Gasteiger partial charge is 0.410 e. The fourth-order valence-electron chi connectivity index (χ4n) is 3.76. The standard InChI is InChI=1S/C24H41N5O5Si/c1-23(2,3)34-22(30)28(14-15-33-35(7,8)24(4,5)6)19-13-12-16-17(19)10-9-11-18(16)20(25)29(32)21(26)27-31/h9-11,19,25,31-32H,12-15H2,1-8H3,(H2,26,27)/t19-/m0/s1. The van der Waals surface area contributed by atoms with E-state index in [1.807, 2.05) is 26.8 Å². The quantitative estimate of drug-likeness (QED) is 0.144. The molecule has 0 bridgehead atoms. The van der Waals surface area contributed by atoms with Gasteiger partial charge in [-0.3, -0.25) is 15.5 Å². The van der Waals surface area contributed by atoms with E-state index >= 15 is 0 Å². The fraction of sp³-hybridized carbons (Fsp3) is 0.625. The van der Waals surface area contributed by atoms with Gasteiger partial charge in [0.2, 0.25) is 0 Å². The number of guanidine groups is 1. The maximum atomic E-state index is 13.3. The van der Waals surface area contributed by atoms with Crippen molar-refractivity contribution in [1.29, 1.82) is 5.41 Å². The molecule has 1 aromatic carbocycles. The van der Waals surface area contributed by atoms with Crippen LogP contribution < -0.4 is 5.73 Å². The number of amides is 1. The van der Waals surface area contributed by atoms with Crippen LogP contribution in [0.4, 0.5) is 4.79 Å². The molecule has 0 fully saturated rings. The number of nitrogens with two attached hydrogens (primary N) is 1. The topological polar surface area (TPSA) is 145 Å². The average Bonchev–Trinajstić information content (AvgIpc) is 3.16. The van der Waals surface area contributed by atoms with Gasteiger partial charge < -0.3 is 20.1 Å². The Labute approximate surface area is 209 Å². The Morgan fingerprint density at radius 1 is 1.26 bits per heavy atom. The monoisotopic (exact) mass is 507 g/mol. The van der Waals surface area contributed by atoms with Crippen molar-refractivity contribution in [1.82, 2.24) is 9.96 Å². The number of nitrogens with zero attached hydrogens (tertiary/aromatic N) is 3. The van der Waals surface area contributed by atoms with Crippen LogP contribution in [-0.4, -0.2) is 65.3 Å². The highest BCUT2D eigenvalue weighted by molar-refractivity contribution is 6.74. The van der Waals surface area contributed by atoms with Crippen molar-refractivity contribution in [2.45, 2.75) is 84.2 Å². The zero-order chi connectivity index (χ0) is 26.8. The molecule has 35 heavy (non-hydrogen) atoms. The first-order valence-corrected chi connectivity index (χ1v) is 14.7. The van der Waals surface area contributed by atoms with E-state index < -0.39 is 26.0 Å². The van der Waals surface area contributed by atoms with Crippen LogP contribution in [0.25, 0.3) is 0 Å². The van der Waals surface area contributed by atoms with Crippen LogP contribution in [0.5, 0.6) is 0 Å². The predicted octanol–water partition coefficient (Wildman–Crippen LogP) is 4.65. The Bertz CT molecular complexity index is 968. The maximum absolute atomic E-state index is 13.3. The second-order valence-electron chi connectivity index (χ2n) is 11.3. The molecule has 0 saturated heterocycles. The molecule has 0 unspecified atom stereocenters. The lowest BCUT2D eigenvalue weighted by molar-refractivity contribution is 0.0125. The third-order valence-electron chi connectivity index (χ3n) is 6.63. The lowest BCUT2D eigenvalue weighted by atomic mass is 10.0. The second kappa shape index (κ2) is 10.5. The van der Waals surface area contributed by atoms with Crippen LogP contribution in [0.15, 0.2) is 23.4 Å². The number of amidine groups is 1. The van der Waals surface area contributed by atoms with E-state index in [-0.39, 0.29) is 16.9 Å². The number of nitrogens with one attached hydrogen (secondary N) is 1. The van der Waals surface area contributed by atoms with Crippen molar-refractivity contribution >= 4 is 26.2 Å². The fourth-order valence-corrected chi connectivity index (χ4v) is 4.79. The van der Waals surface area contributed by atoms with Crippen molar-refractivity contribution in [2.75, 3.05) is 13.2 Å². The molecular weight excluding hydrogens is 466 g/mol. The molecule has 196 valence electrons. The summed E-state index contributed by atoms with van der Waals surface area (Å²) in [5.74, 6) is -0.928. The van der Waals surface area contributed by atoms with Gasteiger partial charge in [0.05, 0.1) is 12.6 Å². The molecular formula is C24H41N5O5Si. The number of hydroxylamine groups is 2. The zero-order valence-electron chi connectivity index (χ0n) is 22.2. The number of benzene rings is 1. The first-order chi connectivity index (χ1) is 16.0. The molecule has 0 spiro atoms. The van der Waals surface area contributed by atoms with Gasteiger partial charge in [0.1, 0.15) is 5.60 Å². The normalized spacial score (nSPS) is 16.6. The van der Waals surface area contributed by atoms with Crippen LogP contribution in [0.2, 0.25) is 18.1 Å². The Morgan fingerprint density at radius 3 is 2.43 bits per heavy atom. The Kier molecular flexibility index (Phi) is 8.62. The third-order valence-corrected chi connectivity index (χ3v) is 11.2. The number of oxime groups is 1. The van der Waals surface area contributed by atoms with Gasteiger partial charge in [-0.2, -0.15) is 5.06 Å². The van der Waals surface area contributed by atoms with Crippen molar-refractivity contribution in [2.24, 2.45) is 10.9 Å². The molecule has 5 N–H and O–H groups in total. The Balaban J connectivity index is 2.36. The van der Waals surface area contributed by atoms with Gasteiger partial charge in [0.15, 0.2) is 14.2 Å². The lowest BCUT2D eigenvalue weighted by Crippen LogP contribution is -2.45. The van der Waals surface area contributed by atoms with Gasteiger partial charge in [-0.25, -0.2) is 4.79 Å². The van der Waals surface area contributed by atoms with Gasteiger partial charge in [0, 0.05) is 12.1 Å². The number of fused-ring (bicyclic) bond motifs is 1. The maximum Gasteiger partial charge on any atom is 0.410 e. The van der Waals surface area contributed by atoms with Crippen molar-refractivity contribution in [3.63, 3.8) is 0 Å². The molecule has 1 atom stereocenters. The zero-order valence-corrected chi connectivity index (χ0v) is 23.2. The summed E-state index contributed by atoms with van der Waals surface area (Å²) in [5.41, 5.74) is 6.94. The Hall–Kier alpha value is -2.63. The third kappa shape index (κ3) is 6.74. The Morgan fingerprint density at radius 2 is 1.89 bits per heavy atom. The summed E-state index contributed by atoms with van der Waals surface area (Å²) >= 11 is 0. The molecule has 0 aromatic heterocycles. The lowest BCUT2D eigenvalue weighted by Gasteiger charge is -2.38. The average molecular weight is 508 g/mol. The predicted molar refractivity (Wildman–Crippen MR) is 137 cm³/mol. The largest absolute Gasteiger partial charge is 0.444 e. The molecule has 1 aliphatic rings. The van der Waals surface area contributed by atoms with Gasteiger partial charge in [-0.1, -0.05) is 39.0 Å². The highest BCUT2D eigenvalue weighted by Gasteiger charge is 2.39. The first kappa shape index (κ1) is 28.6. The molecule has 1 amide bonds. The van der Waals surface area contributed by atoms with Gasteiger partial charge >= 0.3 is 6.09 Å². The number of hydrogen-bond donors (Lipinski definition) is 4. The molecule has 10 nitrogen and oxygen atoms in total. The molecule has 11 heteroatoms. The van der Waals surface area contributed by atoms with Crippen LogP contribution in [0.1, 0.15) is 70.7 Å². The second-order valence-corrected chi connectivity index (χ2v) is 16.1. The molecule has 1 aromatic rings. The first-order valence-electron chi connectivity index (χ1n) is 11.8. The minimum Gasteiger partial charge on any atom is -0.444 e. The highest BCUT2D eigenvalue weighted by Crippen LogP contribution is 2.39. The number of rotatable bonds is 6. The highest BCUT2D eigenvalue weighted by atomic mass is 28.4. The molecule has 0 radical (unpaired) electrons. The van der Waals surface area contributed by atoms with Crippen molar-refractivity contribution in [3.05, 3.63) is 34.9 Å². The van der Waals surface area contributed by atoms with E-state index in [1.54, 1.807) is 17.0 Å². The number of carbonyl (C=O) groups is 1. The minimum absolute atomic E-state index is 0.0505. The van der Waals surface area contributed by atoms with Gasteiger partial charge in [-0.15, -0.1) is 0 Å². The summed E-state index contributed by atoms with van der Waals surface area (Å²) in [4.78, 5) is 15.0. The van der Waals surface area contributed by atoms with Gasteiger partial charge in [-0.05, 0) is 68.0 Å². The molecule has 0 saturated carbocycles. The summed E-state index contributed by atoms with van der Waals surface area (Å²) in [6.07, 6.45) is 0.800.